The lowest BCUT2D eigenvalue weighted by molar-refractivity contribution is -0.129. The maximum atomic E-state index is 12.3. The first-order chi connectivity index (χ1) is 20.0. The van der Waals surface area contributed by atoms with E-state index in [1.54, 1.807) is 0 Å². The molecule has 1 aromatic carbocycles. The molecule has 1 aliphatic heterocycles. The van der Waals surface area contributed by atoms with Gasteiger partial charge < -0.3 is 17.1 Å². The van der Waals surface area contributed by atoms with Crippen LogP contribution in [0.2, 0.25) is 0 Å². The molecule has 42 heavy (non-hydrogen) atoms. The van der Waals surface area contributed by atoms with E-state index < -0.39 is 0 Å². The second-order valence-corrected chi connectivity index (χ2v) is 13.2. The molecule has 0 N–H and O–H groups in total. The number of aryl methyl sites for hydroxylation is 1. The van der Waals surface area contributed by atoms with Gasteiger partial charge in [0.25, 0.3) is 0 Å². The van der Waals surface area contributed by atoms with E-state index in [1.807, 2.05) is 4.90 Å². The number of nitrogens with zero attached hydrogens (tertiary/aromatic N) is 2. The van der Waals surface area contributed by atoms with E-state index in [4.69, 9.17) is 4.74 Å². The number of likely N-dealkylation sites (tertiary alicyclic amines) is 1. The number of halogens is 1. The van der Waals surface area contributed by atoms with Crippen molar-refractivity contribution in [3.63, 3.8) is 0 Å². The summed E-state index contributed by atoms with van der Waals surface area (Å²) >= 11 is 0. The predicted octanol–water partition coefficient (Wildman–Crippen LogP) is 7.35. The minimum atomic E-state index is 0. The summed E-state index contributed by atoms with van der Waals surface area (Å²) in [6.45, 7) is 8.55. The highest BCUT2D eigenvalue weighted by atomic mass is 35.5. The third-order valence-corrected chi connectivity index (χ3v) is 9.18. The Hall–Kier alpha value is -1.10. The van der Waals surface area contributed by atoms with Crippen molar-refractivity contribution in [3.8, 4) is 0 Å². The van der Waals surface area contributed by atoms with Crippen LogP contribution in [0.15, 0.2) is 24.3 Å². The van der Waals surface area contributed by atoms with Crippen LogP contribution in [0.4, 0.5) is 5.69 Å². The standard InChI is InChI=1S/C37H67N2O2.ClH/c1-4-5-6-7-8-9-10-11-12-13-14-15-16-17-18-19-20-21-22-23-32-41-33-31-39(3,34-38-30-24-25-37(38)40)36-28-26-35(2)27-29-36;/h26-29H,4-25,30-34H2,1-3H3;1H/q+1;/p-1. The normalized spacial score (nSPS) is 14.7. The number of unbranched alkanes of at least 4 members (excludes halogenated alkanes) is 19. The molecule has 0 saturated carbocycles. The number of rotatable bonds is 27. The Bertz CT molecular complexity index is 772. The maximum Gasteiger partial charge on any atom is 0.226 e. The number of benzene rings is 1. The largest absolute Gasteiger partial charge is 1.00 e. The van der Waals surface area contributed by atoms with Gasteiger partial charge >= 0.3 is 0 Å². The number of carbonyl (C=O) groups excluding carboxylic acids is 1. The van der Waals surface area contributed by atoms with E-state index in [0.717, 1.165) is 50.3 Å². The van der Waals surface area contributed by atoms with E-state index in [0.29, 0.717) is 12.3 Å². The number of carbonyl (C=O) groups is 1. The molecule has 1 saturated heterocycles. The van der Waals surface area contributed by atoms with E-state index >= 15 is 0 Å². The van der Waals surface area contributed by atoms with Gasteiger partial charge in [-0.2, -0.15) is 0 Å². The zero-order valence-electron chi connectivity index (χ0n) is 28.0. The molecular formula is C37H67ClN2O2. The van der Waals surface area contributed by atoms with Crippen LogP contribution >= 0.6 is 0 Å². The quantitative estimate of drug-likeness (QED) is 0.0774. The van der Waals surface area contributed by atoms with Crippen LogP contribution in [-0.4, -0.2) is 50.8 Å². The summed E-state index contributed by atoms with van der Waals surface area (Å²) in [4.78, 5) is 14.3. The third kappa shape index (κ3) is 17.9. The molecule has 1 fully saturated rings. The van der Waals surface area contributed by atoms with Gasteiger partial charge in [-0.1, -0.05) is 147 Å². The van der Waals surface area contributed by atoms with E-state index in [-0.39, 0.29) is 12.4 Å². The third-order valence-electron chi connectivity index (χ3n) is 9.18. The van der Waals surface area contributed by atoms with Gasteiger partial charge in [0.1, 0.15) is 12.2 Å². The van der Waals surface area contributed by atoms with Crippen LogP contribution in [0.5, 0.6) is 0 Å². The zero-order chi connectivity index (χ0) is 29.4. The summed E-state index contributed by atoms with van der Waals surface area (Å²) in [6, 6.07) is 8.79. The smallest absolute Gasteiger partial charge is 0.226 e. The Kier molecular flexibility index (Phi) is 23.4. The molecule has 5 heteroatoms. The molecule has 0 bridgehead atoms. The molecule has 1 aromatic rings. The zero-order valence-corrected chi connectivity index (χ0v) is 28.7. The molecule has 4 nitrogen and oxygen atoms in total. The fraction of sp³-hybridized carbons (Fsp3) is 0.811. The molecule has 0 spiro atoms. The molecule has 2 rings (SSSR count). The summed E-state index contributed by atoms with van der Waals surface area (Å²) in [5.41, 5.74) is 2.53. The second-order valence-electron chi connectivity index (χ2n) is 13.2. The average Bonchev–Trinajstić information content (AvgIpc) is 3.37. The fourth-order valence-corrected chi connectivity index (χ4v) is 6.24. The molecule has 0 aromatic heterocycles. The van der Waals surface area contributed by atoms with Gasteiger partial charge in [-0.3, -0.25) is 14.2 Å². The maximum absolute atomic E-state index is 12.3. The topological polar surface area (TPSA) is 29.5 Å². The van der Waals surface area contributed by atoms with Crippen LogP contribution in [0.25, 0.3) is 0 Å². The van der Waals surface area contributed by atoms with Crippen molar-refractivity contribution in [2.45, 2.75) is 155 Å². The summed E-state index contributed by atoms with van der Waals surface area (Å²) in [5.74, 6) is 0.298. The van der Waals surface area contributed by atoms with Gasteiger partial charge in [0, 0.05) is 19.6 Å². The lowest BCUT2D eigenvalue weighted by atomic mass is 10.0. The highest BCUT2D eigenvalue weighted by molar-refractivity contribution is 5.78. The first-order valence-electron chi connectivity index (χ1n) is 17.8. The van der Waals surface area contributed by atoms with Gasteiger partial charge in [0.05, 0.1) is 13.7 Å². The summed E-state index contributed by atoms with van der Waals surface area (Å²) in [6.07, 6.45) is 29.9. The van der Waals surface area contributed by atoms with Gasteiger partial charge in [-0.05, 0) is 31.9 Å². The Labute approximate surface area is 267 Å². The number of hydrogen-bond acceptors (Lipinski definition) is 2. The minimum Gasteiger partial charge on any atom is -1.00 e. The lowest BCUT2D eigenvalue weighted by Crippen LogP contribution is -3.00. The highest BCUT2D eigenvalue weighted by Crippen LogP contribution is 2.24. The first kappa shape index (κ1) is 38.9. The summed E-state index contributed by atoms with van der Waals surface area (Å²) in [7, 11) is 2.25. The fourth-order valence-electron chi connectivity index (χ4n) is 6.24. The van der Waals surface area contributed by atoms with Crippen LogP contribution in [0, 0.1) is 6.92 Å². The van der Waals surface area contributed by atoms with Crippen molar-refractivity contribution < 1.29 is 21.9 Å². The Balaban J connectivity index is 0.00000882. The van der Waals surface area contributed by atoms with E-state index in [1.165, 1.54) is 133 Å². The molecule has 0 radical (unpaired) electrons. The van der Waals surface area contributed by atoms with Crippen molar-refractivity contribution in [2.75, 3.05) is 40.0 Å². The SMILES string of the molecule is CCCCCCCCCCCCCCCCCCCCCCOCC[N+](C)(CN1CCCC1=O)c1ccc(C)cc1.[Cl-]. The van der Waals surface area contributed by atoms with Gasteiger partial charge in [0.2, 0.25) is 5.91 Å². The van der Waals surface area contributed by atoms with Crippen LogP contribution < -0.4 is 16.9 Å². The average molecular weight is 607 g/mol. The van der Waals surface area contributed by atoms with Crippen LogP contribution in [0.1, 0.15) is 154 Å². The number of amides is 1. The predicted molar refractivity (Wildman–Crippen MR) is 178 cm³/mol. The Morgan fingerprint density at radius 2 is 1.14 bits per heavy atom. The molecular weight excluding hydrogens is 540 g/mol. The van der Waals surface area contributed by atoms with Crippen LogP contribution in [-0.2, 0) is 9.53 Å². The van der Waals surface area contributed by atoms with Gasteiger partial charge in [-0.15, -0.1) is 0 Å². The van der Waals surface area contributed by atoms with E-state index in [2.05, 4.69) is 45.2 Å². The van der Waals surface area contributed by atoms with E-state index in [9.17, 15) is 4.79 Å². The first-order valence-corrected chi connectivity index (χ1v) is 17.8. The molecule has 1 heterocycles. The lowest BCUT2D eigenvalue weighted by Gasteiger charge is -2.37. The second kappa shape index (κ2) is 25.2. The number of likely N-dealkylation sites (N-methyl/N-ethyl adjacent to an activating group) is 1. The Morgan fingerprint density at radius 1 is 0.690 bits per heavy atom. The molecule has 1 amide bonds. The number of hydrogen-bond donors (Lipinski definition) is 0. The van der Waals surface area contributed by atoms with Gasteiger partial charge in [-0.25, -0.2) is 0 Å². The number of quaternary nitrogens is 1. The van der Waals surface area contributed by atoms with Gasteiger partial charge in [0.15, 0.2) is 6.67 Å². The van der Waals surface area contributed by atoms with Crippen molar-refractivity contribution in [3.05, 3.63) is 29.8 Å². The molecule has 244 valence electrons. The summed E-state index contributed by atoms with van der Waals surface area (Å²) in [5, 5.41) is 0. The van der Waals surface area contributed by atoms with Crippen molar-refractivity contribution in [1.82, 2.24) is 9.38 Å². The van der Waals surface area contributed by atoms with Crippen LogP contribution in [0.3, 0.4) is 0 Å². The molecule has 1 atom stereocenters. The highest BCUT2D eigenvalue weighted by Gasteiger charge is 2.32. The minimum absolute atomic E-state index is 0. The molecule has 1 unspecified atom stereocenters. The monoisotopic (exact) mass is 606 g/mol. The summed E-state index contributed by atoms with van der Waals surface area (Å²) < 4.78 is 6.81. The van der Waals surface area contributed by atoms with Crippen molar-refractivity contribution in [1.29, 1.82) is 0 Å². The van der Waals surface area contributed by atoms with Crippen molar-refractivity contribution in [2.24, 2.45) is 0 Å². The molecule has 1 aliphatic rings. The molecule has 0 aliphatic carbocycles. The van der Waals surface area contributed by atoms with Crippen molar-refractivity contribution >= 4 is 11.6 Å². The Morgan fingerprint density at radius 3 is 1.57 bits per heavy atom. The number of ether oxygens (including phenoxy) is 1.